The Morgan fingerprint density at radius 2 is 2.20 bits per heavy atom. The van der Waals surface area contributed by atoms with Crippen LogP contribution in [0.3, 0.4) is 0 Å². The first-order valence-corrected chi connectivity index (χ1v) is 6.92. The topological polar surface area (TPSA) is 59.3 Å². The molecule has 0 saturated heterocycles. The van der Waals surface area contributed by atoms with Gasteiger partial charge in [-0.1, -0.05) is 6.07 Å². The molecule has 0 radical (unpaired) electrons. The molecule has 0 N–H and O–H groups in total. The van der Waals surface area contributed by atoms with Crippen molar-refractivity contribution in [2.24, 2.45) is 0 Å². The van der Waals surface area contributed by atoms with E-state index < -0.39 is 0 Å². The monoisotopic (exact) mass is 287 g/mol. The fourth-order valence-electron chi connectivity index (χ4n) is 1.68. The third-order valence-electron chi connectivity index (χ3n) is 2.67. The van der Waals surface area contributed by atoms with Crippen LogP contribution in [0.2, 0.25) is 0 Å². The number of hydrogen-bond donors (Lipinski definition) is 0. The summed E-state index contributed by atoms with van der Waals surface area (Å²) >= 11 is 1.62. The summed E-state index contributed by atoms with van der Waals surface area (Å²) in [6.07, 6.45) is 0.971. The molecule has 0 fully saturated rings. The first-order chi connectivity index (χ1) is 9.72. The molecule has 0 bridgehead atoms. The lowest BCUT2D eigenvalue weighted by Crippen LogP contribution is -2.09. The number of methoxy groups -OCH3 is 1. The molecule has 2 rings (SSSR count). The van der Waals surface area contributed by atoms with Gasteiger partial charge in [-0.25, -0.2) is 0 Å². The van der Waals surface area contributed by atoms with Crippen LogP contribution in [0.1, 0.15) is 16.9 Å². The number of ether oxygens (including phenoxy) is 2. The SMILES string of the molecule is COc1cc(C#N)ccc1OC(=O)CCc1cccs1. The van der Waals surface area contributed by atoms with Gasteiger partial charge >= 0.3 is 5.97 Å². The van der Waals surface area contributed by atoms with Gasteiger partial charge in [0.25, 0.3) is 0 Å². The largest absolute Gasteiger partial charge is 0.493 e. The zero-order chi connectivity index (χ0) is 14.4. The summed E-state index contributed by atoms with van der Waals surface area (Å²) in [7, 11) is 1.47. The Bertz CT molecular complexity index is 629. The minimum atomic E-state index is -0.318. The predicted octanol–water partition coefficient (Wildman–Crippen LogP) is 3.17. The van der Waals surface area contributed by atoms with Gasteiger partial charge in [-0.15, -0.1) is 11.3 Å². The van der Waals surface area contributed by atoms with E-state index in [9.17, 15) is 4.79 Å². The molecule has 0 unspecified atom stereocenters. The molecule has 0 aliphatic heterocycles. The van der Waals surface area contributed by atoms with Crippen molar-refractivity contribution in [1.29, 1.82) is 5.26 Å². The number of aryl methyl sites for hydroxylation is 1. The second-order valence-corrected chi connectivity index (χ2v) is 5.06. The Morgan fingerprint density at radius 3 is 2.85 bits per heavy atom. The molecule has 1 aromatic carbocycles. The quantitative estimate of drug-likeness (QED) is 0.626. The third-order valence-corrected chi connectivity index (χ3v) is 3.61. The Morgan fingerprint density at radius 1 is 1.35 bits per heavy atom. The smallest absolute Gasteiger partial charge is 0.311 e. The second-order valence-electron chi connectivity index (χ2n) is 4.03. The van der Waals surface area contributed by atoms with Crippen LogP contribution in [0.5, 0.6) is 11.5 Å². The molecular weight excluding hydrogens is 274 g/mol. The van der Waals surface area contributed by atoms with Gasteiger partial charge in [-0.2, -0.15) is 5.26 Å². The summed E-state index contributed by atoms with van der Waals surface area (Å²) < 4.78 is 10.4. The maximum Gasteiger partial charge on any atom is 0.311 e. The predicted molar refractivity (Wildman–Crippen MR) is 76.0 cm³/mol. The van der Waals surface area contributed by atoms with E-state index in [1.54, 1.807) is 29.5 Å². The van der Waals surface area contributed by atoms with Crippen LogP contribution >= 0.6 is 11.3 Å². The number of hydrogen-bond acceptors (Lipinski definition) is 5. The van der Waals surface area contributed by atoms with Gasteiger partial charge in [0.2, 0.25) is 0 Å². The molecule has 0 aliphatic carbocycles. The molecule has 2 aromatic rings. The summed E-state index contributed by atoms with van der Waals surface area (Å²) in [6.45, 7) is 0. The van der Waals surface area contributed by atoms with Crippen molar-refractivity contribution in [2.75, 3.05) is 7.11 Å². The lowest BCUT2D eigenvalue weighted by molar-refractivity contribution is -0.134. The van der Waals surface area contributed by atoms with Gasteiger partial charge in [0.15, 0.2) is 11.5 Å². The maximum atomic E-state index is 11.8. The molecule has 1 aromatic heterocycles. The van der Waals surface area contributed by atoms with Crippen molar-refractivity contribution >= 4 is 17.3 Å². The lowest BCUT2D eigenvalue weighted by atomic mass is 10.2. The van der Waals surface area contributed by atoms with E-state index in [1.165, 1.54) is 7.11 Å². The van der Waals surface area contributed by atoms with E-state index in [0.717, 1.165) is 4.88 Å². The molecule has 102 valence electrons. The minimum Gasteiger partial charge on any atom is -0.493 e. The van der Waals surface area contributed by atoms with Gasteiger partial charge in [0.05, 0.1) is 25.2 Å². The number of benzene rings is 1. The maximum absolute atomic E-state index is 11.8. The molecule has 0 spiro atoms. The molecule has 5 heteroatoms. The van der Waals surface area contributed by atoms with E-state index in [2.05, 4.69) is 0 Å². The molecule has 0 atom stereocenters. The molecule has 0 saturated carbocycles. The summed E-state index contributed by atoms with van der Waals surface area (Å²) in [6, 6.07) is 10.6. The number of carbonyl (C=O) groups is 1. The van der Waals surface area contributed by atoms with Crippen LogP contribution < -0.4 is 9.47 Å². The minimum absolute atomic E-state index is 0.309. The van der Waals surface area contributed by atoms with Gasteiger partial charge in [0.1, 0.15) is 0 Å². The number of nitriles is 1. The highest BCUT2D eigenvalue weighted by molar-refractivity contribution is 7.09. The Labute approximate surface area is 121 Å². The average Bonchev–Trinajstić information content (AvgIpc) is 2.99. The lowest BCUT2D eigenvalue weighted by Gasteiger charge is -2.09. The fraction of sp³-hybridized carbons (Fsp3) is 0.200. The number of esters is 1. The Balaban J connectivity index is 1.98. The summed E-state index contributed by atoms with van der Waals surface area (Å²) in [4.78, 5) is 12.9. The first-order valence-electron chi connectivity index (χ1n) is 6.04. The molecule has 20 heavy (non-hydrogen) atoms. The molecular formula is C15H13NO3S. The van der Waals surface area contributed by atoms with Gasteiger partial charge < -0.3 is 9.47 Å². The summed E-state index contributed by atoms with van der Waals surface area (Å²) in [5, 5.41) is 10.8. The highest BCUT2D eigenvalue weighted by Gasteiger charge is 2.11. The van der Waals surface area contributed by atoms with Crippen LogP contribution in [-0.2, 0) is 11.2 Å². The van der Waals surface area contributed by atoms with Crippen molar-refractivity contribution < 1.29 is 14.3 Å². The number of carbonyl (C=O) groups excluding carboxylic acids is 1. The molecule has 1 heterocycles. The van der Waals surface area contributed by atoms with Crippen molar-refractivity contribution in [3.05, 3.63) is 46.2 Å². The molecule has 0 amide bonds. The van der Waals surface area contributed by atoms with E-state index in [0.29, 0.717) is 29.9 Å². The number of rotatable bonds is 5. The Kier molecular flexibility index (Phi) is 4.75. The van der Waals surface area contributed by atoms with Crippen LogP contribution in [0.15, 0.2) is 35.7 Å². The van der Waals surface area contributed by atoms with Gasteiger partial charge in [0, 0.05) is 10.9 Å². The van der Waals surface area contributed by atoms with Crippen LogP contribution in [0, 0.1) is 11.3 Å². The van der Waals surface area contributed by atoms with Crippen LogP contribution in [0.25, 0.3) is 0 Å². The molecule has 0 aliphatic rings. The molecule has 4 nitrogen and oxygen atoms in total. The van der Waals surface area contributed by atoms with Crippen molar-refractivity contribution in [3.63, 3.8) is 0 Å². The highest BCUT2D eigenvalue weighted by Crippen LogP contribution is 2.28. The first kappa shape index (κ1) is 14.1. The summed E-state index contributed by atoms with van der Waals surface area (Å²) in [5.41, 5.74) is 0.459. The van der Waals surface area contributed by atoms with Crippen LogP contribution in [0.4, 0.5) is 0 Å². The van der Waals surface area contributed by atoms with Crippen LogP contribution in [-0.4, -0.2) is 13.1 Å². The van der Waals surface area contributed by atoms with E-state index >= 15 is 0 Å². The normalized spacial score (nSPS) is 9.80. The number of nitrogens with zero attached hydrogens (tertiary/aromatic N) is 1. The van der Waals surface area contributed by atoms with Gasteiger partial charge in [-0.05, 0) is 30.0 Å². The van der Waals surface area contributed by atoms with Crippen molar-refractivity contribution in [1.82, 2.24) is 0 Å². The number of thiophene rings is 1. The zero-order valence-electron chi connectivity index (χ0n) is 11.0. The van der Waals surface area contributed by atoms with E-state index in [-0.39, 0.29) is 5.97 Å². The Hall–Kier alpha value is -2.32. The fourth-order valence-corrected chi connectivity index (χ4v) is 2.38. The zero-order valence-corrected chi connectivity index (χ0v) is 11.8. The van der Waals surface area contributed by atoms with Gasteiger partial charge in [-0.3, -0.25) is 4.79 Å². The second kappa shape index (κ2) is 6.73. The standard InChI is InChI=1S/C15H13NO3S/c1-18-14-9-11(10-16)4-6-13(14)19-15(17)7-5-12-3-2-8-20-12/h2-4,6,8-9H,5,7H2,1H3. The summed E-state index contributed by atoms with van der Waals surface area (Å²) in [5.74, 6) is 0.401. The van der Waals surface area contributed by atoms with Crippen molar-refractivity contribution in [3.8, 4) is 17.6 Å². The van der Waals surface area contributed by atoms with E-state index in [4.69, 9.17) is 14.7 Å². The average molecular weight is 287 g/mol. The van der Waals surface area contributed by atoms with E-state index in [1.807, 2.05) is 23.6 Å². The van der Waals surface area contributed by atoms with Crippen molar-refractivity contribution in [2.45, 2.75) is 12.8 Å². The highest BCUT2D eigenvalue weighted by atomic mass is 32.1. The third kappa shape index (κ3) is 3.59.